The van der Waals surface area contributed by atoms with Gasteiger partial charge in [0.1, 0.15) is 0 Å². The zero-order valence-electron chi connectivity index (χ0n) is 11.1. The number of hydrogen-bond donors (Lipinski definition) is 0. The molecule has 2 heteroatoms. The minimum atomic E-state index is -0.242. The highest BCUT2D eigenvalue weighted by Crippen LogP contribution is 2.35. The smallest absolute Gasteiger partial charge is 0.228 e. The topological polar surface area (TPSA) is 20.3 Å². The molecule has 1 saturated heterocycles. The highest BCUT2D eigenvalue weighted by atomic mass is 16.2. The lowest BCUT2D eigenvalue weighted by Gasteiger charge is -2.38. The summed E-state index contributed by atoms with van der Waals surface area (Å²) >= 11 is 0. The summed E-state index contributed by atoms with van der Waals surface area (Å²) in [4.78, 5) is 14.3. The van der Waals surface area contributed by atoms with E-state index in [9.17, 15) is 4.79 Å². The average molecular weight is 211 g/mol. The van der Waals surface area contributed by atoms with Crippen molar-refractivity contribution in [3.05, 3.63) is 0 Å². The summed E-state index contributed by atoms with van der Waals surface area (Å²) in [6.45, 7) is 13.6. The molecule has 2 nitrogen and oxygen atoms in total. The first-order valence-electron chi connectivity index (χ1n) is 5.95. The van der Waals surface area contributed by atoms with Crippen LogP contribution in [0.5, 0.6) is 0 Å². The van der Waals surface area contributed by atoms with Crippen molar-refractivity contribution in [1.82, 2.24) is 4.90 Å². The monoisotopic (exact) mass is 211 g/mol. The fraction of sp³-hybridized carbons (Fsp3) is 0.923. The zero-order valence-corrected chi connectivity index (χ0v) is 11.1. The highest BCUT2D eigenvalue weighted by molar-refractivity contribution is 5.82. The maximum absolute atomic E-state index is 12.2. The van der Waals surface area contributed by atoms with E-state index in [-0.39, 0.29) is 10.8 Å². The third-order valence-corrected chi connectivity index (χ3v) is 3.15. The van der Waals surface area contributed by atoms with Gasteiger partial charge in [-0.15, -0.1) is 0 Å². The highest BCUT2D eigenvalue weighted by Gasteiger charge is 2.40. The largest absolute Gasteiger partial charge is 0.339 e. The van der Waals surface area contributed by atoms with Crippen LogP contribution in [0.2, 0.25) is 0 Å². The lowest BCUT2D eigenvalue weighted by molar-refractivity contribution is -0.142. The second-order valence-electron chi connectivity index (χ2n) is 6.77. The van der Waals surface area contributed by atoms with E-state index in [2.05, 4.69) is 25.7 Å². The maximum Gasteiger partial charge on any atom is 0.228 e. The number of nitrogens with zero attached hydrogens (tertiary/aromatic N) is 1. The van der Waals surface area contributed by atoms with Crippen molar-refractivity contribution < 1.29 is 4.79 Å². The Labute approximate surface area is 94.0 Å². The van der Waals surface area contributed by atoms with Crippen LogP contribution in [0, 0.1) is 10.8 Å². The quantitative estimate of drug-likeness (QED) is 0.603. The maximum atomic E-state index is 12.2. The molecular weight excluding hydrogens is 186 g/mol. The van der Waals surface area contributed by atoms with E-state index < -0.39 is 0 Å². The second-order valence-corrected chi connectivity index (χ2v) is 6.77. The molecule has 1 fully saturated rings. The van der Waals surface area contributed by atoms with Gasteiger partial charge < -0.3 is 4.90 Å². The van der Waals surface area contributed by atoms with Gasteiger partial charge in [-0.25, -0.2) is 0 Å². The summed E-state index contributed by atoms with van der Waals surface area (Å²) in [5, 5.41) is 0. The molecule has 0 aromatic carbocycles. The van der Waals surface area contributed by atoms with Crippen LogP contribution in [0.3, 0.4) is 0 Å². The Balaban J connectivity index is 2.82. The van der Waals surface area contributed by atoms with Gasteiger partial charge in [-0.1, -0.05) is 41.5 Å². The van der Waals surface area contributed by atoms with Crippen LogP contribution in [0.25, 0.3) is 0 Å². The Morgan fingerprint density at radius 3 is 2.07 bits per heavy atom. The lowest BCUT2D eigenvalue weighted by Crippen LogP contribution is -2.47. The van der Waals surface area contributed by atoms with Crippen LogP contribution in [0.15, 0.2) is 0 Å². The van der Waals surface area contributed by atoms with Crippen molar-refractivity contribution in [2.24, 2.45) is 10.8 Å². The molecule has 1 aliphatic rings. The fourth-order valence-corrected chi connectivity index (χ4v) is 2.34. The first-order chi connectivity index (χ1) is 6.64. The van der Waals surface area contributed by atoms with Crippen LogP contribution in [-0.4, -0.2) is 23.4 Å². The number of carbonyl (C=O) groups excluding carboxylic acids is 1. The summed E-state index contributed by atoms with van der Waals surface area (Å²) in [6, 6.07) is 0.421. The van der Waals surface area contributed by atoms with Gasteiger partial charge in [-0.3, -0.25) is 4.79 Å². The Morgan fingerprint density at radius 1 is 1.13 bits per heavy atom. The third-order valence-electron chi connectivity index (χ3n) is 3.15. The normalized spacial score (nSPS) is 23.3. The van der Waals surface area contributed by atoms with Crippen molar-refractivity contribution in [2.75, 3.05) is 6.54 Å². The van der Waals surface area contributed by atoms with Gasteiger partial charge in [0.2, 0.25) is 5.91 Å². The van der Waals surface area contributed by atoms with Gasteiger partial charge >= 0.3 is 0 Å². The molecule has 0 N–H and O–H groups in total. The molecule has 0 spiro atoms. The molecule has 0 aromatic heterocycles. The van der Waals surface area contributed by atoms with Gasteiger partial charge in [0.15, 0.2) is 0 Å². The molecule has 0 radical (unpaired) electrons. The van der Waals surface area contributed by atoms with Crippen LogP contribution in [0.4, 0.5) is 0 Å². The fourth-order valence-electron chi connectivity index (χ4n) is 2.34. The SMILES string of the molecule is CC(C)(C)C(=O)N1CCC[C@@H]1C(C)(C)C. The molecule has 15 heavy (non-hydrogen) atoms. The van der Waals surface area contributed by atoms with E-state index in [1.54, 1.807) is 0 Å². The molecule has 1 amide bonds. The Hall–Kier alpha value is -0.530. The molecule has 1 aliphatic heterocycles. The molecule has 1 atom stereocenters. The van der Waals surface area contributed by atoms with Gasteiger partial charge in [0.25, 0.3) is 0 Å². The Morgan fingerprint density at radius 2 is 1.67 bits per heavy atom. The van der Waals surface area contributed by atoms with E-state index in [4.69, 9.17) is 0 Å². The van der Waals surface area contributed by atoms with Gasteiger partial charge in [-0.2, -0.15) is 0 Å². The Bertz CT molecular complexity index is 244. The van der Waals surface area contributed by atoms with E-state index >= 15 is 0 Å². The molecule has 0 aliphatic carbocycles. The zero-order chi connectivity index (χ0) is 11.9. The second kappa shape index (κ2) is 3.80. The minimum Gasteiger partial charge on any atom is -0.339 e. The summed E-state index contributed by atoms with van der Waals surface area (Å²) in [5.74, 6) is 0.305. The van der Waals surface area contributed by atoms with E-state index in [0.717, 1.165) is 19.4 Å². The molecule has 0 bridgehead atoms. The summed E-state index contributed by atoms with van der Waals surface area (Å²) in [6.07, 6.45) is 2.31. The molecule has 1 rings (SSSR count). The molecule has 0 aromatic rings. The molecule has 0 unspecified atom stereocenters. The van der Waals surface area contributed by atoms with Crippen LogP contribution in [0.1, 0.15) is 54.4 Å². The van der Waals surface area contributed by atoms with Gasteiger partial charge in [-0.05, 0) is 18.3 Å². The van der Waals surface area contributed by atoms with Gasteiger partial charge in [0.05, 0.1) is 0 Å². The number of carbonyl (C=O) groups is 1. The van der Waals surface area contributed by atoms with Crippen molar-refractivity contribution in [2.45, 2.75) is 60.4 Å². The summed E-state index contributed by atoms with van der Waals surface area (Å²) in [5.41, 5.74) is -0.0365. The Kier molecular flexibility index (Phi) is 3.18. The van der Waals surface area contributed by atoms with E-state index in [0.29, 0.717) is 11.9 Å². The third kappa shape index (κ3) is 2.73. The van der Waals surface area contributed by atoms with Crippen LogP contribution < -0.4 is 0 Å². The summed E-state index contributed by atoms with van der Waals surface area (Å²) in [7, 11) is 0. The minimum absolute atomic E-state index is 0.206. The lowest BCUT2D eigenvalue weighted by atomic mass is 9.84. The van der Waals surface area contributed by atoms with Crippen molar-refractivity contribution in [3.63, 3.8) is 0 Å². The standard InChI is InChI=1S/C13H25NO/c1-12(2,3)10-8-7-9-14(10)11(15)13(4,5)6/h10H,7-9H2,1-6H3/t10-/m1/s1. The van der Waals surface area contributed by atoms with E-state index in [1.807, 2.05) is 20.8 Å². The first kappa shape index (κ1) is 12.5. The predicted molar refractivity (Wildman–Crippen MR) is 63.6 cm³/mol. The molecule has 1 heterocycles. The molecule has 88 valence electrons. The average Bonchev–Trinajstić information content (AvgIpc) is 2.47. The van der Waals surface area contributed by atoms with Crippen molar-refractivity contribution >= 4 is 5.91 Å². The van der Waals surface area contributed by atoms with Crippen LogP contribution in [-0.2, 0) is 4.79 Å². The summed E-state index contributed by atoms with van der Waals surface area (Å²) < 4.78 is 0. The molecule has 0 saturated carbocycles. The van der Waals surface area contributed by atoms with Gasteiger partial charge in [0, 0.05) is 18.0 Å². The number of likely N-dealkylation sites (tertiary alicyclic amines) is 1. The number of rotatable bonds is 0. The molecular formula is C13H25NO. The predicted octanol–water partition coefficient (Wildman–Crippen LogP) is 3.07. The van der Waals surface area contributed by atoms with Crippen LogP contribution >= 0.6 is 0 Å². The number of hydrogen-bond acceptors (Lipinski definition) is 1. The van der Waals surface area contributed by atoms with E-state index in [1.165, 1.54) is 0 Å². The van der Waals surface area contributed by atoms with Crippen molar-refractivity contribution in [1.29, 1.82) is 0 Å². The van der Waals surface area contributed by atoms with Crippen molar-refractivity contribution in [3.8, 4) is 0 Å². The number of amides is 1. The first-order valence-corrected chi connectivity index (χ1v) is 5.95.